The van der Waals surface area contributed by atoms with Gasteiger partial charge in [-0.3, -0.25) is 19.7 Å². The van der Waals surface area contributed by atoms with Gasteiger partial charge in [-0.15, -0.1) is 0 Å². The molecule has 1 N–H and O–H groups in total. The number of benzene rings is 1. The van der Waals surface area contributed by atoms with Crippen LogP contribution in [0.25, 0.3) is 11.1 Å². The number of hydrogen-bond donors (Lipinski definition) is 1. The topological polar surface area (TPSA) is 82.2 Å². The molecule has 1 aliphatic heterocycles. The van der Waals surface area contributed by atoms with Crippen LogP contribution in [0.5, 0.6) is 0 Å². The summed E-state index contributed by atoms with van der Waals surface area (Å²) < 4.78 is 0. The van der Waals surface area contributed by atoms with Gasteiger partial charge in [0.05, 0.1) is 17.7 Å². The minimum absolute atomic E-state index is 0.0581. The fourth-order valence-electron chi connectivity index (χ4n) is 4.58. The van der Waals surface area contributed by atoms with E-state index in [1.54, 1.807) is 12.4 Å². The maximum Gasteiger partial charge on any atom is 0.257 e. The largest absolute Gasteiger partial charge is 0.341 e. The van der Waals surface area contributed by atoms with Gasteiger partial charge in [0.15, 0.2) is 0 Å². The molecule has 3 aromatic rings. The number of nitrogens with one attached hydrogen (secondary N) is 1. The summed E-state index contributed by atoms with van der Waals surface area (Å²) in [6.07, 6.45) is 7.37. The highest BCUT2D eigenvalue weighted by molar-refractivity contribution is 5.95. The Morgan fingerprint density at radius 3 is 2.73 bits per heavy atom. The van der Waals surface area contributed by atoms with Crippen LogP contribution in [0, 0.1) is 5.92 Å². The number of aromatic nitrogens is 3. The minimum Gasteiger partial charge on any atom is -0.341 e. The summed E-state index contributed by atoms with van der Waals surface area (Å²) in [6.45, 7) is 6.25. The lowest BCUT2D eigenvalue weighted by Crippen LogP contribution is -2.38. The van der Waals surface area contributed by atoms with E-state index < -0.39 is 0 Å². The zero-order chi connectivity index (χ0) is 23.2. The van der Waals surface area contributed by atoms with Gasteiger partial charge in [0.2, 0.25) is 5.91 Å². The van der Waals surface area contributed by atoms with Crippen molar-refractivity contribution >= 4 is 11.8 Å². The molecule has 172 valence electrons. The molecule has 7 heteroatoms. The predicted molar refractivity (Wildman–Crippen MR) is 128 cm³/mol. The molecule has 3 heterocycles. The maximum atomic E-state index is 13.5. The number of rotatable bonds is 7. The zero-order valence-electron chi connectivity index (χ0n) is 19.3. The predicted octanol–water partition coefficient (Wildman–Crippen LogP) is 3.59. The Kier molecular flexibility index (Phi) is 7.17. The van der Waals surface area contributed by atoms with Crippen molar-refractivity contribution in [2.24, 2.45) is 5.92 Å². The van der Waals surface area contributed by atoms with Gasteiger partial charge in [0.25, 0.3) is 5.91 Å². The lowest BCUT2D eigenvalue weighted by Gasteiger charge is -2.24. The van der Waals surface area contributed by atoms with Crippen molar-refractivity contribution in [3.8, 4) is 11.1 Å². The van der Waals surface area contributed by atoms with Crippen molar-refractivity contribution in [2.45, 2.75) is 33.1 Å². The Morgan fingerprint density at radius 2 is 1.97 bits per heavy atom. The second-order valence-corrected chi connectivity index (χ2v) is 8.49. The SMILES string of the molecule is CCCN1CCN(C(=O)c2cn[nH]c2CC)CC(Cc2ccccc2-c2cccnc2)C1=O. The second-order valence-electron chi connectivity index (χ2n) is 8.49. The summed E-state index contributed by atoms with van der Waals surface area (Å²) in [6, 6.07) is 12.1. The molecule has 1 fully saturated rings. The highest BCUT2D eigenvalue weighted by Gasteiger charge is 2.33. The number of amides is 2. The third-order valence-electron chi connectivity index (χ3n) is 6.28. The van der Waals surface area contributed by atoms with Crippen LogP contribution in [0.15, 0.2) is 55.0 Å². The Bertz CT molecular complexity index is 1090. The molecule has 7 nitrogen and oxygen atoms in total. The van der Waals surface area contributed by atoms with E-state index in [-0.39, 0.29) is 17.7 Å². The fraction of sp³-hybridized carbons (Fsp3) is 0.385. The number of pyridine rings is 1. The van der Waals surface area contributed by atoms with Crippen LogP contribution >= 0.6 is 0 Å². The molecule has 0 bridgehead atoms. The van der Waals surface area contributed by atoms with Gasteiger partial charge >= 0.3 is 0 Å². The molecule has 1 unspecified atom stereocenters. The van der Waals surface area contributed by atoms with Gasteiger partial charge in [-0.05, 0) is 36.5 Å². The fourth-order valence-corrected chi connectivity index (χ4v) is 4.58. The molecule has 1 aliphatic rings. The van der Waals surface area contributed by atoms with E-state index in [0.717, 1.165) is 28.8 Å². The first-order chi connectivity index (χ1) is 16.1. The molecule has 1 aromatic carbocycles. The molecule has 4 rings (SSSR count). The zero-order valence-corrected chi connectivity index (χ0v) is 19.3. The Hall–Kier alpha value is -3.48. The average Bonchev–Trinajstić information content (AvgIpc) is 3.28. The van der Waals surface area contributed by atoms with Crippen LogP contribution in [0.3, 0.4) is 0 Å². The van der Waals surface area contributed by atoms with Crippen molar-refractivity contribution in [2.75, 3.05) is 26.2 Å². The number of H-pyrrole nitrogens is 1. The van der Waals surface area contributed by atoms with Gasteiger partial charge in [0.1, 0.15) is 0 Å². The Balaban J connectivity index is 1.64. The molecule has 0 saturated carbocycles. The van der Waals surface area contributed by atoms with Gasteiger partial charge in [-0.1, -0.05) is 44.2 Å². The second kappa shape index (κ2) is 10.4. The van der Waals surface area contributed by atoms with Crippen LogP contribution in [-0.2, 0) is 17.6 Å². The van der Waals surface area contributed by atoms with Crippen LogP contribution in [0.4, 0.5) is 0 Å². The van der Waals surface area contributed by atoms with E-state index in [9.17, 15) is 9.59 Å². The van der Waals surface area contributed by atoms with Crippen molar-refractivity contribution in [1.82, 2.24) is 25.0 Å². The lowest BCUT2D eigenvalue weighted by molar-refractivity contribution is -0.134. The number of hydrogen-bond acceptors (Lipinski definition) is 4. The summed E-state index contributed by atoms with van der Waals surface area (Å²) >= 11 is 0. The molecule has 0 aliphatic carbocycles. The number of aryl methyl sites for hydroxylation is 1. The Morgan fingerprint density at radius 1 is 1.12 bits per heavy atom. The normalized spacial score (nSPS) is 16.7. The first-order valence-electron chi connectivity index (χ1n) is 11.7. The molecule has 1 atom stereocenters. The quantitative estimate of drug-likeness (QED) is 0.603. The lowest BCUT2D eigenvalue weighted by atomic mass is 9.91. The average molecular weight is 446 g/mol. The van der Waals surface area contributed by atoms with Gasteiger partial charge in [-0.25, -0.2) is 0 Å². The third-order valence-corrected chi connectivity index (χ3v) is 6.28. The Labute approximate surface area is 194 Å². The van der Waals surface area contributed by atoms with Crippen molar-refractivity contribution < 1.29 is 9.59 Å². The number of carbonyl (C=O) groups is 2. The van der Waals surface area contributed by atoms with E-state index in [1.807, 2.05) is 47.2 Å². The third kappa shape index (κ3) is 4.97. The van der Waals surface area contributed by atoms with E-state index >= 15 is 0 Å². The molecular formula is C26H31N5O2. The summed E-state index contributed by atoms with van der Waals surface area (Å²) in [5, 5.41) is 6.99. The van der Waals surface area contributed by atoms with Crippen molar-refractivity contribution in [1.29, 1.82) is 0 Å². The standard InChI is InChI=1S/C26H31N5O2/c1-3-12-30-13-14-31(26(33)23-17-28-29-24(23)4-2)18-21(25(30)32)15-19-8-5-6-10-22(19)20-9-7-11-27-16-20/h5-11,16-17,21H,3-4,12-15,18H2,1-2H3,(H,28,29). The highest BCUT2D eigenvalue weighted by atomic mass is 16.2. The molecule has 33 heavy (non-hydrogen) atoms. The van der Waals surface area contributed by atoms with Crippen LogP contribution in [0.2, 0.25) is 0 Å². The van der Waals surface area contributed by atoms with Gasteiger partial charge in [-0.2, -0.15) is 5.10 Å². The summed E-state index contributed by atoms with van der Waals surface area (Å²) in [7, 11) is 0. The number of carbonyl (C=O) groups excluding carboxylic acids is 2. The molecule has 0 radical (unpaired) electrons. The molecule has 2 aromatic heterocycles. The molecule has 1 saturated heterocycles. The van der Waals surface area contributed by atoms with E-state index in [4.69, 9.17) is 0 Å². The van der Waals surface area contributed by atoms with E-state index in [2.05, 4.69) is 34.2 Å². The van der Waals surface area contributed by atoms with Crippen LogP contribution in [-0.4, -0.2) is 63.0 Å². The summed E-state index contributed by atoms with van der Waals surface area (Å²) in [5.74, 6) is -0.244. The molecule has 2 amide bonds. The van der Waals surface area contributed by atoms with Crippen LogP contribution < -0.4 is 0 Å². The maximum absolute atomic E-state index is 13.5. The monoisotopic (exact) mass is 445 g/mol. The van der Waals surface area contributed by atoms with Crippen molar-refractivity contribution in [3.63, 3.8) is 0 Å². The summed E-state index contributed by atoms with van der Waals surface area (Å²) in [5.41, 5.74) is 4.62. The van der Waals surface area contributed by atoms with Gasteiger partial charge < -0.3 is 9.80 Å². The van der Waals surface area contributed by atoms with Gasteiger partial charge in [0, 0.05) is 49.8 Å². The summed E-state index contributed by atoms with van der Waals surface area (Å²) in [4.78, 5) is 34.9. The first-order valence-corrected chi connectivity index (χ1v) is 11.7. The highest BCUT2D eigenvalue weighted by Crippen LogP contribution is 2.27. The van der Waals surface area contributed by atoms with E-state index in [1.165, 1.54) is 0 Å². The molecular weight excluding hydrogens is 414 g/mol. The smallest absolute Gasteiger partial charge is 0.257 e. The first kappa shape index (κ1) is 22.7. The number of nitrogens with zero attached hydrogens (tertiary/aromatic N) is 4. The minimum atomic E-state index is -0.308. The number of aromatic amines is 1. The van der Waals surface area contributed by atoms with Crippen molar-refractivity contribution in [3.05, 3.63) is 71.8 Å². The van der Waals surface area contributed by atoms with E-state index in [0.29, 0.717) is 44.6 Å². The molecule has 0 spiro atoms. The van der Waals surface area contributed by atoms with Crippen LogP contribution in [0.1, 0.15) is 41.9 Å².